The molecule has 0 aromatic heterocycles. The van der Waals surface area contributed by atoms with Gasteiger partial charge in [0, 0.05) is 25.7 Å². The van der Waals surface area contributed by atoms with Crippen molar-refractivity contribution in [2.75, 3.05) is 32.8 Å². The Hall–Kier alpha value is -0.120. The lowest BCUT2D eigenvalue weighted by atomic mass is 9.86. The van der Waals surface area contributed by atoms with Gasteiger partial charge in [0.1, 0.15) is 0 Å². The second kappa shape index (κ2) is 5.68. The van der Waals surface area contributed by atoms with Crippen LogP contribution in [0, 0.1) is 11.3 Å². The summed E-state index contributed by atoms with van der Waals surface area (Å²) >= 11 is 0. The minimum absolute atomic E-state index is 0.318. The molecule has 0 spiro atoms. The molecule has 0 aliphatic carbocycles. The predicted octanol–water partition coefficient (Wildman–Crippen LogP) is 1.47. The first kappa shape index (κ1) is 13.3. The van der Waals surface area contributed by atoms with Gasteiger partial charge in [-0.15, -0.1) is 0 Å². The summed E-state index contributed by atoms with van der Waals surface area (Å²) < 4.78 is 0. The summed E-state index contributed by atoms with van der Waals surface area (Å²) in [5, 5.41) is 12.7. The molecule has 3 atom stereocenters. The third-order valence-corrected chi connectivity index (χ3v) is 4.49. The Morgan fingerprint density at radius 3 is 2.82 bits per heavy atom. The van der Waals surface area contributed by atoms with Crippen LogP contribution in [0.5, 0.6) is 0 Å². The van der Waals surface area contributed by atoms with Gasteiger partial charge in [0.25, 0.3) is 0 Å². The van der Waals surface area contributed by atoms with E-state index in [2.05, 4.69) is 24.1 Å². The average molecular weight is 240 g/mol. The number of nitrogens with zero attached hydrogens (tertiary/aromatic N) is 1. The summed E-state index contributed by atoms with van der Waals surface area (Å²) in [7, 11) is 0. The molecule has 2 bridgehead atoms. The molecule has 2 aliphatic rings. The molecule has 0 saturated carbocycles. The smallest absolute Gasteiger partial charge is 0.0431 e. The highest BCUT2D eigenvalue weighted by atomic mass is 16.2. The van der Waals surface area contributed by atoms with E-state index in [1.807, 2.05) is 0 Å². The standard InChI is InChI=1S/C14H28N2O/c1-14(2,6-3-9-17)11-15-13-5-8-16-7-4-12(13)10-16/h12-13,15,17H,3-11H2,1-2H3. The van der Waals surface area contributed by atoms with Crippen LogP contribution in [-0.4, -0.2) is 48.8 Å². The minimum atomic E-state index is 0.318. The highest BCUT2D eigenvalue weighted by Gasteiger charge is 2.34. The molecule has 2 aliphatic heterocycles. The zero-order valence-electron chi connectivity index (χ0n) is 11.4. The number of hydrogen-bond acceptors (Lipinski definition) is 3. The zero-order chi connectivity index (χ0) is 12.3. The van der Waals surface area contributed by atoms with Gasteiger partial charge in [-0.2, -0.15) is 0 Å². The van der Waals surface area contributed by atoms with Crippen LogP contribution in [0.2, 0.25) is 0 Å². The molecule has 2 heterocycles. The van der Waals surface area contributed by atoms with Crippen LogP contribution < -0.4 is 5.32 Å². The first-order chi connectivity index (χ1) is 8.11. The van der Waals surface area contributed by atoms with Gasteiger partial charge in [-0.05, 0) is 50.1 Å². The quantitative estimate of drug-likeness (QED) is 0.738. The van der Waals surface area contributed by atoms with Crippen LogP contribution in [0.15, 0.2) is 0 Å². The fraction of sp³-hybridized carbons (Fsp3) is 1.00. The van der Waals surface area contributed by atoms with Gasteiger partial charge in [0.15, 0.2) is 0 Å². The molecule has 100 valence electrons. The van der Waals surface area contributed by atoms with E-state index in [-0.39, 0.29) is 0 Å². The van der Waals surface area contributed by atoms with Crippen molar-refractivity contribution in [3.8, 4) is 0 Å². The molecule has 3 unspecified atom stereocenters. The number of fused-ring (bicyclic) bond motifs is 2. The number of rotatable bonds is 6. The van der Waals surface area contributed by atoms with Crippen molar-refractivity contribution in [3.05, 3.63) is 0 Å². The summed E-state index contributed by atoms with van der Waals surface area (Å²) in [5.41, 5.74) is 0.318. The van der Waals surface area contributed by atoms with Crippen LogP contribution >= 0.6 is 0 Å². The lowest BCUT2D eigenvalue weighted by molar-refractivity contribution is 0.191. The van der Waals surface area contributed by atoms with Crippen molar-refractivity contribution >= 4 is 0 Å². The first-order valence-electron chi connectivity index (χ1n) is 7.17. The van der Waals surface area contributed by atoms with E-state index >= 15 is 0 Å². The van der Waals surface area contributed by atoms with Gasteiger partial charge in [0.2, 0.25) is 0 Å². The van der Waals surface area contributed by atoms with Crippen molar-refractivity contribution in [3.63, 3.8) is 0 Å². The SMILES string of the molecule is CC(C)(CCCO)CNC1CCN2CCC1C2. The highest BCUT2D eigenvalue weighted by molar-refractivity contribution is 4.91. The average Bonchev–Trinajstić information content (AvgIpc) is 2.68. The Morgan fingerprint density at radius 1 is 1.29 bits per heavy atom. The molecule has 3 heteroatoms. The van der Waals surface area contributed by atoms with Crippen molar-refractivity contribution < 1.29 is 5.11 Å². The van der Waals surface area contributed by atoms with Crippen molar-refractivity contribution in [1.29, 1.82) is 0 Å². The van der Waals surface area contributed by atoms with Gasteiger partial charge < -0.3 is 15.3 Å². The van der Waals surface area contributed by atoms with Gasteiger partial charge >= 0.3 is 0 Å². The third-order valence-electron chi connectivity index (χ3n) is 4.49. The second-order valence-electron chi connectivity index (χ2n) is 6.62. The normalized spacial score (nSPS) is 33.0. The maximum absolute atomic E-state index is 8.91. The molecule has 0 radical (unpaired) electrons. The van der Waals surface area contributed by atoms with E-state index in [1.165, 1.54) is 32.5 Å². The molecule has 2 fully saturated rings. The first-order valence-corrected chi connectivity index (χ1v) is 7.17. The van der Waals surface area contributed by atoms with Crippen LogP contribution in [0.3, 0.4) is 0 Å². The van der Waals surface area contributed by atoms with Crippen molar-refractivity contribution in [1.82, 2.24) is 10.2 Å². The monoisotopic (exact) mass is 240 g/mol. The van der Waals surface area contributed by atoms with Crippen LogP contribution in [0.25, 0.3) is 0 Å². The van der Waals surface area contributed by atoms with Crippen LogP contribution in [-0.2, 0) is 0 Å². The zero-order valence-corrected chi connectivity index (χ0v) is 11.4. The molecule has 17 heavy (non-hydrogen) atoms. The number of aliphatic hydroxyl groups excluding tert-OH is 1. The van der Waals surface area contributed by atoms with Crippen LogP contribution in [0.4, 0.5) is 0 Å². The van der Waals surface area contributed by atoms with Gasteiger partial charge in [-0.3, -0.25) is 0 Å². The van der Waals surface area contributed by atoms with E-state index in [9.17, 15) is 0 Å². The second-order valence-corrected chi connectivity index (χ2v) is 6.62. The van der Waals surface area contributed by atoms with Gasteiger partial charge in [-0.1, -0.05) is 13.8 Å². The van der Waals surface area contributed by atoms with E-state index in [0.29, 0.717) is 12.0 Å². The fourth-order valence-corrected chi connectivity index (χ4v) is 3.27. The number of piperidine rings is 1. The predicted molar refractivity (Wildman–Crippen MR) is 71.1 cm³/mol. The number of hydrogen-bond donors (Lipinski definition) is 2. The molecule has 0 amide bonds. The summed E-state index contributed by atoms with van der Waals surface area (Å²) in [5.74, 6) is 0.886. The molecule has 0 aromatic rings. The highest BCUT2D eigenvalue weighted by Crippen LogP contribution is 2.28. The maximum Gasteiger partial charge on any atom is 0.0431 e. The Kier molecular flexibility index (Phi) is 4.45. The van der Waals surface area contributed by atoms with Crippen molar-refractivity contribution in [2.24, 2.45) is 11.3 Å². The molecule has 3 nitrogen and oxygen atoms in total. The third kappa shape index (κ3) is 3.67. The van der Waals surface area contributed by atoms with Crippen molar-refractivity contribution in [2.45, 2.75) is 45.6 Å². The molecule has 2 N–H and O–H groups in total. The maximum atomic E-state index is 8.91. The number of nitrogens with one attached hydrogen (secondary N) is 1. The Labute approximate surface area is 106 Å². The van der Waals surface area contributed by atoms with E-state index in [1.54, 1.807) is 0 Å². The number of aliphatic hydroxyl groups is 1. The van der Waals surface area contributed by atoms with E-state index in [4.69, 9.17) is 5.11 Å². The summed E-state index contributed by atoms with van der Waals surface area (Å²) in [6.45, 7) is 9.94. The van der Waals surface area contributed by atoms with E-state index in [0.717, 1.165) is 31.3 Å². The topological polar surface area (TPSA) is 35.5 Å². The lowest BCUT2D eigenvalue weighted by Crippen LogP contribution is -2.46. The molecular formula is C14H28N2O. The lowest BCUT2D eigenvalue weighted by Gasteiger charge is -2.34. The fourth-order valence-electron chi connectivity index (χ4n) is 3.27. The summed E-state index contributed by atoms with van der Waals surface area (Å²) in [6.07, 6.45) is 4.74. The Bertz CT molecular complexity index is 242. The molecule has 2 rings (SSSR count). The minimum Gasteiger partial charge on any atom is -0.396 e. The van der Waals surface area contributed by atoms with Gasteiger partial charge in [0.05, 0.1) is 0 Å². The Balaban J connectivity index is 1.73. The van der Waals surface area contributed by atoms with Crippen LogP contribution in [0.1, 0.15) is 39.5 Å². The Morgan fingerprint density at radius 2 is 2.06 bits per heavy atom. The summed E-state index contributed by atoms with van der Waals surface area (Å²) in [4.78, 5) is 2.60. The molecule has 2 saturated heterocycles. The van der Waals surface area contributed by atoms with E-state index < -0.39 is 0 Å². The van der Waals surface area contributed by atoms with Gasteiger partial charge in [-0.25, -0.2) is 0 Å². The summed E-state index contributed by atoms with van der Waals surface area (Å²) in [6, 6.07) is 0.738. The largest absolute Gasteiger partial charge is 0.396 e. The molecule has 0 aromatic carbocycles. The molecular weight excluding hydrogens is 212 g/mol.